The minimum Gasteiger partial charge on any atom is -0.394 e. The summed E-state index contributed by atoms with van der Waals surface area (Å²) < 4.78 is 0. The molecule has 0 aliphatic heterocycles. The Labute approximate surface area is 128 Å². The normalized spacial score (nSPS) is 12.7. The zero-order valence-electron chi connectivity index (χ0n) is 12.6. The summed E-state index contributed by atoms with van der Waals surface area (Å²) in [6, 6.07) is 9.57. The first-order chi connectivity index (χ1) is 10.7. The van der Waals surface area contributed by atoms with Crippen molar-refractivity contribution < 1.29 is 5.11 Å². The molecule has 0 fully saturated rings. The molecule has 0 saturated heterocycles. The van der Waals surface area contributed by atoms with E-state index in [1.54, 1.807) is 6.33 Å². The second-order valence-corrected chi connectivity index (χ2v) is 5.48. The molecule has 1 aromatic carbocycles. The molecule has 3 aromatic rings. The van der Waals surface area contributed by atoms with Gasteiger partial charge >= 0.3 is 0 Å². The molecule has 0 saturated carbocycles. The first-order valence-corrected chi connectivity index (χ1v) is 7.32. The Morgan fingerprint density at radius 1 is 1.18 bits per heavy atom. The Hall–Kier alpha value is -2.47. The topological polar surface area (TPSA) is 86.7 Å². The number of aromatic amines is 1. The van der Waals surface area contributed by atoms with Crippen molar-refractivity contribution in [1.29, 1.82) is 0 Å². The Bertz CT molecular complexity index is 754. The number of aromatic nitrogens is 4. The Balaban J connectivity index is 2.00. The van der Waals surface area contributed by atoms with Crippen molar-refractivity contribution in [2.75, 3.05) is 11.9 Å². The molecule has 1 unspecified atom stereocenters. The fourth-order valence-corrected chi connectivity index (χ4v) is 2.30. The smallest absolute Gasteiger partial charge is 0.183 e. The molecule has 0 aliphatic rings. The zero-order valence-corrected chi connectivity index (χ0v) is 12.6. The average Bonchev–Trinajstić information content (AvgIpc) is 3.01. The number of aliphatic hydroxyl groups excluding tert-OH is 1. The van der Waals surface area contributed by atoms with E-state index in [4.69, 9.17) is 0 Å². The maximum atomic E-state index is 9.71. The van der Waals surface area contributed by atoms with Gasteiger partial charge in [-0.2, -0.15) is 0 Å². The lowest BCUT2D eigenvalue weighted by Crippen LogP contribution is -2.17. The van der Waals surface area contributed by atoms with Crippen LogP contribution in [0.15, 0.2) is 36.7 Å². The summed E-state index contributed by atoms with van der Waals surface area (Å²) in [7, 11) is 0. The number of hydrogen-bond acceptors (Lipinski definition) is 5. The van der Waals surface area contributed by atoms with Gasteiger partial charge in [0.1, 0.15) is 11.3 Å². The average molecular weight is 297 g/mol. The van der Waals surface area contributed by atoms with E-state index in [1.807, 2.05) is 44.2 Å². The van der Waals surface area contributed by atoms with Crippen LogP contribution >= 0.6 is 0 Å². The number of nitrogens with zero attached hydrogens (tertiary/aromatic N) is 3. The molecule has 0 spiro atoms. The molecule has 1 atom stereocenters. The van der Waals surface area contributed by atoms with Gasteiger partial charge < -0.3 is 15.4 Å². The Morgan fingerprint density at radius 3 is 2.64 bits per heavy atom. The lowest BCUT2D eigenvalue weighted by molar-refractivity contribution is 0.276. The highest BCUT2D eigenvalue weighted by Gasteiger charge is 2.16. The molecule has 0 amide bonds. The lowest BCUT2D eigenvalue weighted by Gasteiger charge is -2.18. The highest BCUT2D eigenvalue weighted by Crippen LogP contribution is 2.24. The van der Waals surface area contributed by atoms with Crippen molar-refractivity contribution in [1.82, 2.24) is 19.9 Å². The molecule has 6 heteroatoms. The second-order valence-electron chi connectivity index (χ2n) is 5.48. The molecule has 22 heavy (non-hydrogen) atoms. The van der Waals surface area contributed by atoms with E-state index in [9.17, 15) is 5.11 Å². The van der Waals surface area contributed by atoms with E-state index in [-0.39, 0.29) is 18.6 Å². The van der Waals surface area contributed by atoms with E-state index < -0.39 is 0 Å². The van der Waals surface area contributed by atoms with Crippen molar-refractivity contribution in [2.45, 2.75) is 25.8 Å². The largest absolute Gasteiger partial charge is 0.394 e. The van der Waals surface area contributed by atoms with Gasteiger partial charge in [0.05, 0.1) is 19.0 Å². The van der Waals surface area contributed by atoms with Gasteiger partial charge in [-0.3, -0.25) is 0 Å². The first-order valence-electron chi connectivity index (χ1n) is 7.32. The number of H-pyrrole nitrogens is 1. The molecular formula is C16H19N5O. The molecule has 0 aliphatic carbocycles. The first kappa shape index (κ1) is 14.5. The fraction of sp³-hybridized carbons (Fsp3) is 0.312. The van der Waals surface area contributed by atoms with E-state index in [2.05, 4.69) is 25.3 Å². The molecule has 3 N–H and O–H groups in total. The van der Waals surface area contributed by atoms with Gasteiger partial charge in [0.15, 0.2) is 11.5 Å². The quantitative estimate of drug-likeness (QED) is 0.674. The predicted octanol–water partition coefficient (Wildman–Crippen LogP) is 2.62. The number of fused-ring (bicyclic) bond motifs is 1. The van der Waals surface area contributed by atoms with Crippen LogP contribution in [-0.2, 0) is 0 Å². The maximum absolute atomic E-state index is 9.71. The third-order valence-corrected chi connectivity index (χ3v) is 3.51. The van der Waals surface area contributed by atoms with E-state index >= 15 is 0 Å². The summed E-state index contributed by atoms with van der Waals surface area (Å²) >= 11 is 0. The highest BCUT2D eigenvalue weighted by molar-refractivity contribution is 5.82. The van der Waals surface area contributed by atoms with Crippen molar-refractivity contribution in [2.24, 2.45) is 0 Å². The van der Waals surface area contributed by atoms with Gasteiger partial charge in [-0.05, 0) is 5.56 Å². The minimum atomic E-state index is -0.234. The number of aliphatic hydroxyl groups is 1. The minimum absolute atomic E-state index is 0.0271. The van der Waals surface area contributed by atoms with Gasteiger partial charge in [-0.15, -0.1) is 0 Å². The molecule has 114 valence electrons. The molecule has 6 nitrogen and oxygen atoms in total. The zero-order chi connectivity index (χ0) is 15.5. The molecule has 0 radical (unpaired) electrons. The van der Waals surface area contributed by atoms with Gasteiger partial charge in [0.25, 0.3) is 0 Å². The van der Waals surface area contributed by atoms with E-state index in [0.717, 1.165) is 16.9 Å². The van der Waals surface area contributed by atoms with E-state index in [0.29, 0.717) is 11.5 Å². The number of benzene rings is 1. The number of anilines is 1. The lowest BCUT2D eigenvalue weighted by atomic mass is 10.1. The number of rotatable bonds is 5. The van der Waals surface area contributed by atoms with Crippen LogP contribution in [-0.4, -0.2) is 31.6 Å². The summed E-state index contributed by atoms with van der Waals surface area (Å²) in [6.07, 6.45) is 1.60. The standard InChI is InChI=1S/C16H19N5O/c1-10(2)14-20-15-13(17-9-18-15)16(21-14)19-12(8-22)11-6-4-3-5-7-11/h3-7,9-10,12,22H,8H2,1-2H3,(H2,17,18,19,20,21). The van der Waals surface area contributed by atoms with Gasteiger partial charge in [0, 0.05) is 5.92 Å². The van der Waals surface area contributed by atoms with Crippen LogP contribution in [0.3, 0.4) is 0 Å². The van der Waals surface area contributed by atoms with Crippen molar-refractivity contribution in [3.8, 4) is 0 Å². The van der Waals surface area contributed by atoms with Gasteiger partial charge in [-0.25, -0.2) is 15.0 Å². The second kappa shape index (κ2) is 6.11. The van der Waals surface area contributed by atoms with Crippen LogP contribution in [0.4, 0.5) is 5.82 Å². The highest BCUT2D eigenvalue weighted by atomic mass is 16.3. The summed E-state index contributed by atoms with van der Waals surface area (Å²) in [5, 5.41) is 13.0. The maximum Gasteiger partial charge on any atom is 0.183 e. The molecular weight excluding hydrogens is 278 g/mol. The Kier molecular flexibility index (Phi) is 4.02. The van der Waals surface area contributed by atoms with Crippen LogP contribution in [0.25, 0.3) is 11.2 Å². The predicted molar refractivity (Wildman–Crippen MR) is 85.7 cm³/mol. The summed E-state index contributed by atoms with van der Waals surface area (Å²) in [6.45, 7) is 4.05. The molecule has 2 aromatic heterocycles. The number of imidazole rings is 1. The summed E-state index contributed by atoms with van der Waals surface area (Å²) in [5.41, 5.74) is 2.38. The van der Waals surface area contributed by atoms with Gasteiger partial charge in [-0.1, -0.05) is 44.2 Å². The molecule has 3 rings (SSSR count). The monoisotopic (exact) mass is 297 g/mol. The Morgan fingerprint density at radius 2 is 1.95 bits per heavy atom. The van der Waals surface area contributed by atoms with Crippen LogP contribution in [0.2, 0.25) is 0 Å². The molecule has 0 bridgehead atoms. The third kappa shape index (κ3) is 2.78. The van der Waals surface area contributed by atoms with E-state index in [1.165, 1.54) is 0 Å². The molecule has 2 heterocycles. The van der Waals surface area contributed by atoms with Crippen LogP contribution < -0.4 is 5.32 Å². The SMILES string of the molecule is CC(C)c1nc(NC(CO)c2ccccc2)c2[nH]cnc2n1. The summed E-state index contributed by atoms with van der Waals surface area (Å²) in [5.74, 6) is 1.59. The third-order valence-electron chi connectivity index (χ3n) is 3.51. The van der Waals surface area contributed by atoms with Crippen LogP contribution in [0, 0.1) is 0 Å². The van der Waals surface area contributed by atoms with Crippen molar-refractivity contribution in [3.63, 3.8) is 0 Å². The summed E-state index contributed by atoms with van der Waals surface area (Å²) in [4.78, 5) is 16.3. The van der Waals surface area contributed by atoms with Gasteiger partial charge in [0.2, 0.25) is 0 Å². The van der Waals surface area contributed by atoms with Crippen molar-refractivity contribution >= 4 is 17.0 Å². The van der Waals surface area contributed by atoms with Crippen LogP contribution in [0.5, 0.6) is 0 Å². The fourth-order valence-electron chi connectivity index (χ4n) is 2.30. The van der Waals surface area contributed by atoms with Crippen molar-refractivity contribution in [3.05, 3.63) is 48.0 Å². The number of hydrogen-bond donors (Lipinski definition) is 3. The number of nitrogens with one attached hydrogen (secondary N) is 2. The van der Waals surface area contributed by atoms with Crippen LogP contribution in [0.1, 0.15) is 37.2 Å².